The predicted molar refractivity (Wildman–Crippen MR) is 141 cm³/mol. The fourth-order valence-corrected chi connectivity index (χ4v) is 4.99. The molecular weight excluding hydrogens is 529 g/mol. The van der Waals surface area contributed by atoms with E-state index >= 15 is 0 Å². The number of rotatable bonds is 8. The van der Waals surface area contributed by atoms with Crippen molar-refractivity contribution in [3.05, 3.63) is 74.4 Å². The number of hydrogen-bond donors (Lipinski definition) is 0. The van der Waals surface area contributed by atoms with E-state index in [1.807, 2.05) is 43.3 Å². The molecule has 0 radical (unpaired) electrons. The second kappa shape index (κ2) is 11.0. The van der Waals surface area contributed by atoms with Gasteiger partial charge in [0.1, 0.15) is 12.4 Å². The molecule has 0 unspecified atom stereocenters. The van der Waals surface area contributed by atoms with Crippen molar-refractivity contribution in [3.63, 3.8) is 0 Å². The van der Waals surface area contributed by atoms with Crippen LogP contribution in [0.2, 0.25) is 0 Å². The molecule has 0 amide bonds. The molecule has 0 aliphatic heterocycles. The molecule has 172 valence electrons. The summed E-state index contributed by atoms with van der Waals surface area (Å²) in [6.07, 6.45) is 9.00. The second-order valence-electron chi connectivity index (χ2n) is 8.05. The van der Waals surface area contributed by atoms with Crippen LogP contribution in [0.5, 0.6) is 11.5 Å². The van der Waals surface area contributed by atoms with Crippen molar-refractivity contribution in [1.29, 1.82) is 0 Å². The highest BCUT2D eigenvalue weighted by atomic mass is 127. The van der Waals surface area contributed by atoms with Gasteiger partial charge in [-0.15, -0.1) is 0 Å². The molecule has 0 bridgehead atoms. The molecule has 3 aromatic rings. The van der Waals surface area contributed by atoms with E-state index < -0.39 is 0 Å². The van der Waals surface area contributed by atoms with E-state index in [0.29, 0.717) is 30.1 Å². The van der Waals surface area contributed by atoms with Crippen LogP contribution in [0.15, 0.2) is 58.9 Å². The highest BCUT2D eigenvalue weighted by molar-refractivity contribution is 14.1. The van der Waals surface area contributed by atoms with E-state index in [1.54, 1.807) is 12.3 Å². The Hall–Kier alpha value is -2.68. The van der Waals surface area contributed by atoms with Gasteiger partial charge in [-0.1, -0.05) is 44.1 Å². The number of halogens is 1. The van der Waals surface area contributed by atoms with E-state index in [4.69, 9.17) is 14.5 Å². The van der Waals surface area contributed by atoms with Crippen molar-refractivity contribution in [2.75, 3.05) is 13.2 Å². The van der Waals surface area contributed by atoms with E-state index in [1.165, 1.54) is 11.1 Å². The molecule has 1 aliphatic carbocycles. The number of benzene rings is 2. The third-order valence-corrected chi connectivity index (χ3v) is 6.55. The lowest BCUT2D eigenvalue weighted by Crippen LogP contribution is -2.25. The number of aromatic nitrogens is 2. The van der Waals surface area contributed by atoms with Crippen LogP contribution in [-0.2, 0) is 0 Å². The van der Waals surface area contributed by atoms with Gasteiger partial charge in [-0.2, -0.15) is 9.78 Å². The Labute approximate surface area is 207 Å². The summed E-state index contributed by atoms with van der Waals surface area (Å²) in [5.41, 5.74) is 1.41. The van der Waals surface area contributed by atoms with Gasteiger partial charge in [-0.3, -0.25) is 4.79 Å². The Morgan fingerprint density at radius 2 is 2.00 bits per heavy atom. The summed E-state index contributed by atoms with van der Waals surface area (Å²) in [5, 5.41) is 5.21. The minimum absolute atomic E-state index is 0.136. The molecule has 1 aliphatic rings. The molecule has 1 aromatic heterocycles. The van der Waals surface area contributed by atoms with Crippen LogP contribution >= 0.6 is 22.6 Å². The van der Waals surface area contributed by atoms with Crippen LogP contribution in [0.3, 0.4) is 0 Å². The summed E-state index contributed by atoms with van der Waals surface area (Å²) < 4.78 is 14.0. The van der Waals surface area contributed by atoms with Crippen LogP contribution in [0.25, 0.3) is 10.9 Å². The molecule has 0 atom stereocenters. The SMILES string of the molecule is C=CCOc1c(I)cc(C=Nn2c(C3CCCCC3)nc3ccccc3c2=O)cc1OCC. The van der Waals surface area contributed by atoms with Crippen LogP contribution in [0, 0.1) is 3.57 Å². The van der Waals surface area contributed by atoms with Crippen LogP contribution in [0.1, 0.15) is 56.3 Å². The van der Waals surface area contributed by atoms with Crippen LogP contribution in [0.4, 0.5) is 0 Å². The molecule has 33 heavy (non-hydrogen) atoms. The monoisotopic (exact) mass is 557 g/mol. The summed E-state index contributed by atoms with van der Waals surface area (Å²) in [4.78, 5) is 18.3. The smallest absolute Gasteiger partial charge is 0.282 e. The van der Waals surface area contributed by atoms with Crippen LogP contribution in [-0.4, -0.2) is 29.1 Å². The standard InChI is InChI=1S/C26H28IN3O3/c1-3-14-33-24-21(27)15-18(16-23(24)32-4-2)17-28-30-25(19-10-6-5-7-11-19)29-22-13-9-8-12-20(22)26(30)31/h3,8-9,12-13,15-17,19H,1,4-7,10-11,14H2,2H3. The van der Waals surface area contributed by atoms with Crippen molar-refractivity contribution in [2.24, 2.45) is 5.10 Å². The maximum absolute atomic E-state index is 13.4. The Morgan fingerprint density at radius 1 is 1.21 bits per heavy atom. The number of para-hydroxylation sites is 1. The van der Waals surface area contributed by atoms with Crippen LogP contribution < -0.4 is 15.0 Å². The lowest BCUT2D eigenvalue weighted by Gasteiger charge is -2.22. The van der Waals surface area contributed by atoms with Crippen molar-refractivity contribution in [1.82, 2.24) is 9.66 Å². The number of ether oxygens (including phenoxy) is 2. The van der Waals surface area contributed by atoms with Gasteiger partial charge in [0.15, 0.2) is 11.5 Å². The number of fused-ring (bicyclic) bond motifs is 1. The first-order valence-corrected chi connectivity index (χ1v) is 12.5. The normalized spacial score (nSPS) is 14.6. The average Bonchev–Trinajstić information content (AvgIpc) is 2.83. The van der Waals surface area contributed by atoms with Gasteiger partial charge in [0, 0.05) is 5.92 Å². The Bertz CT molecular complexity index is 1230. The molecule has 4 rings (SSSR count). The highest BCUT2D eigenvalue weighted by Crippen LogP contribution is 2.34. The molecule has 2 aromatic carbocycles. The maximum atomic E-state index is 13.4. The van der Waals surface area contributed by atoms with Crippen molar-refractivity contribution in [3.8, 4) is 11.5 Å². The maximum Gasteiger partial charge on any atom is 0.282 e. The van der Waals surface area contributed by atoms with E-state index in [0.717, 1.165) is 46.2 Å². The third-order valence-electron chi connectivity index (χ3n) is 5.75. The lowest BCUT2D eigenvalue weighted by atomic mass is 9.88. The molecular formula is C26H28IN3O3. The van der Waals surface area contributed by atoms with Gasteiger partial charge in [0.25, 0.3) is 5.56 Å². The first kappa shape index (κ1) is 23.5. The summed E-state index contributed by atoms with van der Waals surface area (Å²) in [6, 6.07) is 11.3. The topological polar surface area (TPSA) is 65.7 Å². The summed E-state index contributed by atoms with van der Waals surface area (Å²) in [7, 11) is 0. The first-order valence-electron chi connectivity index (χ1n) is 11.4. The van der Waals surface area contributed by atoms with Gasteiger partial charge >= 0.3 is 0 Å². The first-order chi connectivity index (χ1) is 16.1. The molecule has 1 fully saturated rings. The minimum Gasteiger partial charge on any atom is -0.490 e. The van der Waals surface area contributed by atoms with E-state index in [-0.39, 0.29) is 11.5 Å². The zero-order valence-corrected chi connectivity index (χ0v) is 21.0. The fraction of sp³-hybridized carbons (Fsp3) is 0.346. The summed E-state index contributed by atoms with van der Waals surface area (Å²) in [5.74, 6) is 2.31. The largest absolute Gasteiger partial charge is 0.490 e. The molecule has 1 heterocycles. The van der Waals surface area contributed by atoms with Gasteiger partial charge in [0.05, 0.1) is 27.3 Å². The summed E-state index contributed by atoms with van der Waals surface area (Å²) in [6.45, 7) is 6.55. The lowest BCUT2D eigenvalue weighted by molar-refractivity contribution is 0.295. The second-order valence-corrected chi connectivity index (χ2v) is 9.21. The average molecular weight is 557 g/mol. The predicted octanol–water partition coefficient (Wildman–Crippen LogP) is 5.89. The van der Waals surface area contributed by atoms with E-state index in [9.17, 15) is 4.79 Å². The minimum atomic E-state index is -0.136. The Balaban J connectivity index is 1.78. The summed E-state index contributed by atoms with van der Waals surface area (Å²) >= 11 is 2.22. The van der Waals surface area contributed by atoms with E-state index in [2.05, 4.69) is 34.3 Å². The number of nitrogens with zero attached hydrogens (tertiary/aromatic N) is 3. The van der Waals surface area contributed by atoms with Crippen molar-refractivity contribution in [2.45, 2.75) is 44.9 Å². The molecule has 0 saturated heterocycles. The van der Waals surface area contributed by atoms with Gasteiger partial charge in [0.2, 0.25) is 0 Å². The Morgan fingerprint density at radius 3 is 2.76 bits per heavy atom. The fourth-order valence-electron chi connectivity index (χ4n) is 4.21. The molecule has 0 spiro atoms. The third kappa shape index (κ3) is 5.29. The van der Waals surface area contributed by atoms with Gasteiger partial charge in [-0.05, 0) is 72.2 Å². The number of hydrogen-bond acceptors (Lipinski definition) is 5. The molecule has 1 saturated carbocycles. The Kier molecular flexibility index (Phi) is 7.80. The zero-order valence-electron chi connectivity index (χ0n) is 18.8. The quantitative estimate of drug-likeness (QED) is 0.197. The van der Waals surface area contributed by atoms with Crippen molar-refractivity contribution < 1.29 is 9.47 Å². The van der Waals surface area contributed by atoms with Crippen molar-refractivity contribution >= 4 is 39.7 Å². The highest BCUT2D eigenvalue weighted by Gasteiger charge is 2.22. The zero-order chi connectivity index (χ0) is 23.2. The molecule has 6 nitrogen and oxygen atoms in total. The van der Waals surface area contributed by atoms with Gasteiger partial charge < -0.3 is 9.47 Å². The molecule has 0 N–H and O–H groups in total. The molecule has 7 heteroatoms. The van der Waals surface area contributed by atoms with Gasteiger partial charge in [-0.25, -0.2) is 4.98 Å².